The Kier molecular flexibility index (Phi) is 7.75. The summed E-state index contributed by atoms with van der Waals surface area (Å²) >= 11 is 1.03. The highest BCUT2D eigenvalue weighted by Gasteiger charge is 2.33. The molecule has 0 saturated carbocycles. The van der Waals surface area contributed by atoms with Crippen LogP contribution in [0.25, 0.3) is 6.08 Å². The van der Waals surface area contributed by atoms with Crippen molar-refractivity contribution in [3.05, 3.63) is 71.2 Å². The molecule has 0 bridgehead atoms. The van der Waals surface area contributed by atoms with Crippen LogP contribution >= 0.6 is 11.8 Å². The Morgan fingerprint density at radius 3 is 2.62 bits per heavy atom. The van der Waals surface area contributed by atoms with E-state index >= 15 is 0 Å². The molecule has 1 aliphatic heterocycles. The van der Waals surface area contributed by atoms with E-state index in [1.54, 1.807) is 37.3 Å². The first-order chi connectivity index (χ1) is 16.2. The van der Waals surface area contributed by atoms with Gasteiger partial charge in [0, 0.05) is 12.1 Å². The van der Waals surface area contributed by atoms with Gasteiger partial charge in [0.15, 0.2) is 11.3 Å². The van der Waals surface area contributed by atoms with Crippen molar-refractivity contribution >= 4 is 46.5 Å². The standard InChI is InChI=1S/C24H22N2O7S/c1-3-11-26-21(28)20(12-14-7-5-6-8-19(14)33-18(4-2)23(31)32)34-24(26)25-17-10-9-15(27)13-16(17)22(29)30/h3,5-10,12-13,18,27H,1,4,11H2,2H3,(H,29,30)(H,31,32)/b20-12-,25-24?. The van der Waals surface area contributed by atoms with Crippen LogP contribution < -0.4 is 4.74 Å². The van der Waals surface area contributed by atoms with Gasteiger partial charge in [-0.2, -0.15) is 0 Å². The van der Waals surface area contributed by atoms with Crippen molar-refractivity contribution in [2.45, 2.75) is 19.4 Å². The Morgan fingerprint density at radius 1 is 1.24 bits per heavy atom. The number of carboxylic acid groups (broad SMARTS) is 2. The van der Waals surface area contributed by atoms with E-state index in [0.29, 0.717) is 11.3 Å². The highest BCUT2D eigenvalue weighted by atomic mass is 32.2. The van der Waals surface area contributed by atoms with Gasteiger partial charge in [0.2, 0.25) is 0 Å². The summed E-state index contributed by atoms with van der Waals surface area (Å²) in [7, 11) is 0. The van der Waals surface area contributed by atoms with E-state index in [9.17, 15) is 29.7 Å². The van der Waals surface area contributed by atoms with Crippen LogP contribution in [-0.4, -0.2) is 55.9 Å². The van der Waals surface area contributed by atoms with Crippen molar-refractivity contribution in [3.8, 4) is 11.5 Å². The smallest absolute Gasteiger partial charge is 0.344 e. The number of hydrogen-bond donors (Lipinski definition) is 3. The van der Waals surface area contributed by atoms with E-state index in [2.05, 4.69) is 11.6 Å². The van der Waals surface area contributed by atoms with Crippen molar-refractivity contribution in [3.63, 3.8) is 0 Å². The molecule has 2 aromatic rings. The number of benzene rings is 2. The maximum Gasteiger partial charge on any atom is 0.344 e. The second kappa shape index (κ2) is 10.7. The van der Waals surface area contributed by atoms with Crippen LogP contribution in [-0.2, 0) is 9.59 Å². The molecule has 0 aromatic heterocycles. The Morgan fingerprint density at radius 2 is 1.97 bits per heavy atom. The predicted molar refractivity (Wildman–Crippen MR) is 128 cm³/mol. The summed E-state index contributed by atoms with van der Waals surface area (Å²) in [5, 5.41) is 28.6. The van der Waals surface area contributed by atoms with E-state index in [0.717, 1.165) is 17.8 Å². The number of carboxylic acids is 2. The first-order valence-corrected chi connectivity index (χ1v) is 11.0. The van der Waals surface area contributed by atoms with Crippen molar-refractivity contribution in [2.75, 3.05) is 6.54 Å². The second-order valence-corrected chi connectivity index (χ2v) is 8.12. The molecule has 1 fully saturated rings. The maximum absolute atomic E-state index is 13.1. The Bertz CT molecular complexity index is 1210. The molecule has 0 spiro atoms. The van der Waals surface area contributed by atoms with Gasteiger partial charge < -0.3 is 20.1 Å². The number of phenols is 1. The van der Waals surface area contributed by atoms with Gasteiger partial charge in [-0.15, -0.1) is 6.58 Å². The number of carbonyl (C=O) groups is 3. The van der Waals surface area contributed by atoms with E-state index in [1.165, 1.54) is 23.1 Å². The normalized spacial score (nSPS) is 16.6. The Balaban J connectivity index is 2.01. The molecule has 1 amide bonds. The molecule has 1 heterocycles. The number of nitrogens with zero attached hydrogens (tertiary/aromatic N) is 2. The van der Waals surface area contributed by atoms with Gasteiger partial charge >= 0.3 is 11.9 Å². The van der Waals surface area contributed by atoms with Gasteiger partial charge in [-0.05, 0) is 48.5 Å². The predicted octanol–water partition coefficient (Wildman–Crippen LogP) is 4.12. The summed E-state index contributed by atoms with van der Waals surface area (Å²) in [6.07, 6.45) is 2.31. The summed E-state index contributed by atoms with van der Waals surface area (Å²) in [6, 6.07) is 10.5. The molecule has 2 aromatic carbocycles. The van der Waals surface area contributed by atoms with Gasteiger partial charge in [0.1, 0.15) is 11.5 Å². The number of aliphatic imine (C=N–C) groups is 1. The minimum atomic E-state index is -1.27. The van der Waals surface area contributed by atoms with Crippen molar-refractivity contribution in [2.24, 2.45) is 4.99 Å². The second-order valence-electron chi connectivity index (χ2n) is 7.11. The number of thioether (sulfide) groups is 1. The SMILES string of the molecule is C=CCN1C(=O)/C(=C/c2ccccc2OC(CC)C(=O)O)SC1=Nc1ccc(O)cc1C(=O)O. The lowest BCUT2D eigenvalue weighted by molar-refractivity contribution is -0.145. The first kappa shape index (κ1) is 24.6. The van der Waals surface area contributed by atoms with Crippen molar-refractivity contribution in [1.29, 1.82) is 0 Å². The monoisotopic (exact) mass is 482 g/mol. The largest absolute Gasteiger partial charge is 0.508 e. The number of aliphatic carboxylic acids is 1. The van der Waals surface area contributed by atoms with Crippen LogP contribution in [0.15, 0.2) is 65.0 Å². The number of carbonyl (C=O) groups excluding carboxylic acids is 1. The molecule has 10 heteroatoms. The third-order valence-corrected chi connectivity index (χ3v) is 5.75. The number of aromatic hydroxyl groups is 1. The van der Waals surface area contributed by atoms with E-state index < -0.39 is 18.0 Å². The number of hydrogen-bond acceptors (Lipinski definition) is 7. The number of ether oxygens (including phenoxy) is 1. The molecule has 34 heavy (non-hydrogen) atoms. The molecule has 3 N–H and O–H groups in total. The lowest BCUT2D eigenvalue weighted by atomic mass is 10.1. The van der Waals surface area contributed by atoms with Gasteiger partial charge in [-0.3, -0.25) is 9.69 Å². The highest BCUT2D eigenvalue weighted by Crippen LogP contribution is 2.36. The van der Waals surface area contributed by atoms with Crippen LogP contribution in [0.1, 0.15) is 29.3 Å². The molecular weight excluding hydrogens is 460 g/mol. The number of amides is 1. The molecule has 0 radical (unpaired) electrons. The molecule has 1 aliphatic rings. The van der Waals surface area contributed by atoms with E-state index in [4.69, 9.17) is 4.74 Å². The number of rotatable bonds is 9. The number of amidine groups is 1. The average molecular weight is 483 g/mol. The van der Waals surface area contributed by atoms with Crippen LogP contribution in [0.2, 0.25) is 0 Å². The minimum absolute atomic E-state index is 0.0758. The lowest BCUT2D eigenvalue weighted by Crippen LogP contribution is -2.29. The van der Waals surface area contributed by atoms with Gasteiger partial charge in [0.25, 0.3) is 5.91 Å². The quantitative estimate of drug-likeness (QED) is 0.359. The highest BCUT2D eigenvalue weighted by molar-refractivity contribution is 8.18. The fraction of sp³-hybridized carbons (Fsp3) is 0.167. The number of phenolic OH excluding ortho intramolecular Hbond substituents is 1. The molecule has 3 rings (SSSR count). The van der Waals surface area contributed by atoms with E-state index in [1.807, 2.05) is 0 Å². The first-order valence-electron chi connectivity index (χ1n) is 10.2. The topological polar surface area (TPSA) is 137 Å². The van der Waals surface area contributed by atoms with E-state index in [-0.39, 0.29) is 45.9 Å². The van der Waals surface area contributed by atoms with Crippen LogP contribution in [0.4, 0.5) is 5.69 Å². The fourth-order valence-electron chi connectivity index (χ4n) is 3.09. The third kappa shape index (κ3) is 5.46. The molecule has 1 atom stereocenters. The van der Waals surface area contributed by atoms with Gasteiger partial charge in [0.05, 0.1) is 16.2 Å². The van der Waals surface area contributed by atoms with Crippen LogP contribution in [0.3, 0.4) is 0 Å². The van der Waals surface area contributed by atoms with Crippen molar-refractivity contribution < 1.29 is 34.4 Å². The molecule has 1 unspecified atom stereocenters. The zero-order valence-electron chi connectivity index (χ0n) is 18.2. The molecule has 176 valence electrons. The minimum Gasteiger partial charge on any atom is -0.508 e. The summed E-state index contributed by atoms with van der Waals surface area (Å²) in [5.74, 6) is -2.65. The summed E-state index contributed by atoms with van der Waals surface area (Å²) in [5.41, 5.74) is 0.371. The van der Waals surface area contributed by atoms with Gasteiger partial charge in [-0.1, -0.05) is 31.2 Å². The number of para-hydroxylation sites is 1. The van der Waals surface area contributed by atoms with Gasteiger partial charge in [-0.25, -0.2) is 14.6 Å². The molecular formula is C24H22N2O7S. The molecule has 0 aliphatic carbocycles. The molecule has 9 nitrogen and oxygen atoms in total. The number of aromatic carboxylic acids is 1. The maximum atomic E-state index is 13.1. The summed E-state index contributed by atoms with van der Waals surface area (Å²) in [6.45, 7) is 5.49. The zero-order chi connectivity index (χ0) is 24.8. The Hall–Kier alpha value is -4.05. The van der Waals surface area contributed by atoms with Crippen LogP contribution in [0, 0.1) is 0 Å². The summed E-state index contributed by atoms with van der Waals surface area (Å²) < 4.78 is 5.64. The Labute approximate surface area is 199 Å². The fourth-order valence-corrected chi connectivity index (χ4v) is 4.08. The summed E-state index contributed by atoms with van der Waals surface area (Å²) in [4.78, 5) is 42.0. The van der Waals surface area contributed by atoms with Crippen LogP contribution in [0.5, 0.6) is 11.5 Å². The average Bonchev–Trinajstić information content (AvgIpc) is 3.08. The van der Waals surface area contributed by atoms with Crippen molar-refractivity contribution in [1.82, 2.24) is 4.90 Å². The zero-order valence-corrected chi connectivity index (χ0v) is 19.0. The molecule has 1 saturated heterocycles. The third-order valence-electron chi connectivity index (χ3n) is 4.75. The lowest BCUT2D eigenvalue weighted by Gasteiger charge is -2.15.